The van der Waals surface area contributed by atoms with Crippen molar-refractivity contribution in [1.82, 2.24) is 5.32 Å². The van der Waals surface area contributed by atoms with Crippen LogP contribution in [0.25, 0.3) is 0 Å². The van der Waals surface area contributed by atoms with E-state index in [0.717, 1.165) is 16.1 Å². The second-order valence-electron chi connectivity index (χ2n) is 5.06. The van der Waals surface area contributed by atoms with Crippen LogP contribution < -0.4 is 20.5 Å². The summed E-state index contributed by atoms with van der Waals surface area (Å²) in [5.74, 6) is 0.431. The third-order valence-electron chi connectivity index (χ3n) is 3.25. The van der Waals surface area contributed by atoms with Gasteiger partial charge >= 0.3 is 0 Å². The first-order valence-electron chi connectivity index (χ1n) is 7.23. The SMILES string of the molecule is COc1cc(CNCc2ccccc2Cl)cc(Br)c1OCC(N)=O.Cl. The van der Waals surface area contributed by atoms with Crippen LogP contribution in [0.4, 0.5) is 0 Å². The van der Waals surface area contributed by atoms with Crippen LogP contribution in [-0.4, -0.2) is 19.6 Å². The zero-order valence-corrected chi connectivity index (χ0v) is 16.7. The summed E-state index contributed by atoms with van der Waals surface area (Å²) in [6.07, 6.45) is 0. The first-order chi connectivity index (χ1) is 11.5. The number of benzene rings is 2. The Morgan fingerprint density at radius 2 is 2.00 bits per heavy atom. The fourth-order valence-corrected chi connectivity index (χ4v) is 2.95. The summed E-state index contributed by atoms with van der Waals surface area (Å²) in [6, 6.07) is 11.4. The van der Waals surface area contributed by atoms with E-state index in [1.807, 2.05) is 36.4 Å². The quantitative estimate of drug-likeness (QED) is 0.644. The molecule has 0 radical (unpaired) electrons. The molecule has 0 atom stereocenters. The molecule has 0 saturated heterocycles. The Balaban J connectivity index is 0.00000312. The van der Waals surface area contributed by atoms with Gasteiger partial charge in [0.25, 0.3) is 5.91 Å². The number of hydrogen-bond donors (Lipinski definition) is 2. The highest BCUT2D eigenvalue weighted by molar-refractivity contribution is 9.10. The summed E-state index contributed by atoms with van der Waals surface area (Å²) in [6.45, 7) is 1.06. The molecule has 0 aromatic heterocycles. The molecule has 0 bridgehead atoms. The highest BCUT2D eigenvalue weighted by Crippen LogP contribution is 2.36. The minimum atomic E-state index is -0.547. The number of carbonyl (C=O) groups is 1. The van der Waals surface area contributed by atoms with Crippen LogP contribution in [0.15, 0.2) is 40.9 Å². The van der Waals surface area contributed by atoms with Gasteiger partial charge in [-0.15, -0.1) is 12.4 Å². The van der Waals surface area contributed by atoms with Crippen molar-refractivity contribution in [2.75, 3.05) is 13.7 Å². The number of rotatable bonds is 8. The Labute approximate surface area is 166 Å². The van der Waals surface area contributed by atoms with Crippen molar-refractivity contribution in [3.63, 3.8) is 0 Å². The van der Waals surface area contributed by atoms with Gasteiger partial charge in [0.15, 0.2) is 18.1 Å². The van der Waals surface area contributed by atoms with E-state index >= 15 is 0 Å². The first kappa shape index (κ1) is 21.6. The summed E-state index contributed by atoms with van der Waals surface area (Å²) in [5, 5.41) is 4.07. The van der Waals surface area contributed by atoms with Crippen molar-refractivity contribution >= 4 is 45.8 Å². The number of nitrogens with one attached hydrogen (secondary N) is 1. The number of methoxy groups -OCH3 is 1. The minimum absolute atomic E-state index is 0. The molecule has 3 N–H and O–H groups in total. The van der Waals surface area contributed by atoms with Gasteiger partial charge in [0.1, 0.15) is 0 Å². The number of ether oxygens (including phenoxy) is 2. The van der Waals surface area contributed by atoms with Gasteiger partial charge in [-0.05, 0) is 45.3 Å². The standard InChI is InChI=1S/C17H18BrClN2O3.ClH/c1-23-15-7-11(6-13(18)17(15)24-10-16(20)22)8-21-9-12-4-2-3-5-14(12)19;/h2-7,21H,8-10H2,1H3,(H2,20,22);1H. The van der Waals surface area contributed by atoms with Crippen LogP contribution in [0.1, 0.15) is 11.1 Å². The second-order valence-corrected chi connectivity index (χ2v) is 6.32. The van der Waals surface area contributed by atoms with Gasteiger partial charge in [-0.25, -0.2) is 0 Å². The number of amides is 1. The Morgan fingerprint density at radius 3 is 2.64 bits per heavy atom. The zero-order chi connectivity index (χ0) is 17.5. The maximum atomic E-state index is 10.9. The van der Waals surface area contributed by atoms with Crippen molar-refractivity contribution in [1.29, 1.82) is 0 Å². The maximum Gasteiger partial charge on any atom is 0.255 e. The molecule has 8 heteroatoms. The molecule has 0 fully saturated rings. The van der Waals surface area contributed by atoms with Crippen LogP contribution in [0.5, 0.6) is 11.5 Å². The van der Waals surface area contributed by atoms with E-state index in [1.54, 1.807) is 7.11 Å². The van der Waals surface area contributed by atoms with Crippen molar-refractivity contribution in [3.8, 4) is 11.5 Å². The van der Waals surface area contributed by atoms with E-state index in [1.165, 1.54) is 0 Å². The molecule has 0 aliphatic rings. The van der Waals surface area contributed by atoms with Crippen molar-refractivity contribution in [2.45, 2.75) is 13.1 Å². The van der Waals surface area contributed by atoms with E-state index in [2.05, 4.69) is 21.2 Å². The molecule has 25 heavy (non-hydrogen) atoms. The molecular formula is C17H19BrCl2N2O3. The normalized spacial score (nSPS) is 10.0. The second kappa shape index (κ2) is 10.5. The summed E-state index contributed by atoms with van der Waals surface area (Å²) >= 11 is 9.57. The van der Waals surface area contributed by atoms with Gasteiger partial charge in [-0.1, -0.05) is 29.8 Å². The molecule has 0 aliphatic heterocycles. The average Bonchev–Trinajstić information content (AvgIpc) is 2.55. The minimum Gasteiger partial charge on any atom is -0.493 e. The van der Waals surface area contributed by atoms with Gasteiger partial charge in [0, 0.05) is 18.1 Å². The highest BCUT2D eigenvalue weighted by atomic mass is 79.9. The lowest BCUT2D eigenvalue weighted by molar-refractivity contribution is -0.119. The lowest BCUT2D eigenvalue weighted by Gasteiger charge is -2.14. The first-order valence-corrected chi connectivity index (χ1v) is 8.40. The van der Waals surface area contributed by atoms with E-state index < -0.39 is 5.91 Å². The number of primary amides is 1. The molecule has 0 spiro atoms. The molecule has 1 amide bonds. The highest BCUT2D eigenvalue weighted by Gasteiger charge is 2.12. The Hall–Kier alpha value is -1.47. The Morgan fingerprint density at radius 1 is 1.28 bits per heavy atom. The van der Waals surface area contributed by atoms with Crippen LogP contribution in [0.3, 0.4) is 0 Å². The molecule has 0 aliphatic carbocycles. The van der Waals surface area contributed by atoms with Crippen LogP contribution in [0.2, 0.25) is 5.02 Å². The Kier molecular flexibility index (Phi) is 9.06. The molecule has 0 heterocycles. The maximum absolute atomic E-state index is 10.9. The third-order valence-corrected chi connectivity index (χ3v) is 4.21. The fourth-order valence-electron chi connectivity index (χ4n) is 2.14. The molecule has 136 valence electrons. The fraction of sp³-hybridized carbons (Fsp3) is 0.235. The van der Waals surface area contributed by atoms with Crippen molar-refractivity contribution < 1.29 is 14.3 Å². The van der Waals surface area contributed by atoms with E-state index in [9.17, 15) is 4.79 Å². The van der Waals surface area contributed by atoms with Crippen LogP contribution in [0, 0.1) is 0 Å². The average molecular weight is 450 g/mol. The molecule has 5 nitrogen and oxygen atoms in total. The van der Waals surface area contributed by atoms with Gasteiger partial charge < -0.3 is 20.5 Å². The lowest BCUT2D eigenvalue weighted by Crippen LogP contribution is -2.20. The van der Waals surface area contributed by atoms with Gasteiger partial charge in [0.2, 0.25) is 0 Å². The molecule has 0 saturated carbocycles. The van der Waals surface area contributed by atoms with E-state index in [4.69, 9.17) is 26.8 Å². The number of hydrogen-bond acceptors (Lipinski definition) is 4. The van der Waals surface area contributed by atoms with Gasteiger partial charge in [-0.2, -0.15) is 0 Å². The number of nitrogens with two attached hydrogens (primary N) is 1. The molecule has 0 unspecified atom stereocenters. The number of carbonyl (C=O) groups excluding carboxylic acids is 1. The predicted molar refractivity (Wildman–Crippen MR) is 105 cm³/mol. The predicted octanol–water partition coefficient (Wildman–Crippen LogP) is 3.69. The molecular weight excluding hydrogens is 431 g/mol. The van der Waals surface area contributed by atoms with E-state index in [-0.39, 0.29) is 19.0 Å². The summed E-state index contributed by atoms with van der Waals surface area (Å²) in [4.78, 5) is 10.9. The van der Waals surface area contributed by atoms with Gasteiger partial charge in [-0.3, -0.25) is 4.79 Å². The summed E-state index contributed by atoms with van der Waals surface area (Å²) in [5.41, 5.74) is 7.14. The monoisotopic (exact) mass is 448 g/mol. The smallest absolute Gasteiger partial charge is 0.255 e. The Bertz CT molecular complexity index is 729. The largest absolute Gasteiger partial charge is 0.493 e. The topological polar surface area (TPSA) is 73.6 Å². The van der Waals surface area contributed by atoms with Crippen LogP contribution in [-0.2, 0) is 17.9 Å². The van der Waals surface area contributed by atoms with Gasteiger partial charge in [0.05, 0.1) is 11.6 Å². The summed E-state index contributed by atoms with van der Waals surface area (Å²) < 4.78 is 11.4. The lowest BCUT2D eigenvalue weighted by atomic mass is 10.2. The van der Waals surface area contributed by atoms with Crippen molar-refractivity contribution in [2.24, 2.45) is 5.73 Å². The molecule has 2 rings (SSSR count). The summed E-state index contributed by atoms with van der Waals surface area (Å²) in [7, 11) is 1.54. The zero-order valence-electron chi connectivity index (χ0n) is 13.6. The van der Waals surface area contributed by atoms with Crippen molar-refractivity contribution in [3.05, 3.63) is 57.0 Å². The van der Waals surface area contributed by atoms with E-state index in [0.29, 0.717) is 29.1 Å². The number of halogens is 3. The molecule has 2 aromatic carbocycles. The third kappa shape index (κ3) is 6.40. The van der Waals surface area contributed by atoms with Crippen LogP contribution >= 0.6 is 39.9 Å². The molecule has 2 aromatic rings.